The number of esters is 1. The van der Waals surface area contributed by atoms with Gasteiger partial charge in [-0.1, -0.05) is 0 Å². The van der Waals surface area contributed by atoms with Crippen LogP contribution in [-0.4, -0.2) is 15.8 Å². The minimum atomic E-state index is -0.764. The van der Waals surface area contributed by atoms with Crippen molar-refractivity contribution in [2.75, 3.05) is 0 Å². The van der Waals surface area contributed by atoms with Crippen molar-refractivity contribution < 1.29 is 19.4 Å². The zero-order valence-corrected chi connectivity index (χ0v) is 14.3. The third-order valence-electron chi connectivity index (χ3n) is 6.26. The van der Waals surface area contributed by atoms with Crippen LogP contribution in [0.3, 0.4) is 0 Å². The van der Waals surface area contributed by atoms with Crippen LogP contribution in [0.15, 0.2) is 18.2 Å². The Labute approximate surface area is 149 Å². The van der Waals surface area contributed by atoms with Crippen LogP contribution < -0.4 is 4.74 Å². The largest absolute Gasteiger partial charge is 0.419 e. The van der Waals surface area contributed by atoms with Crippen molar-refractivity contribution in [2.45, 2.75) is 44.9 Å². The number of carbonyl (C=O) groups excluding carboxylic acids is 1. The Morgan fingerprint density at radius 1 is 1.04 bits per heavy atom. The van der Waals surface area contributed by atoms with Gasteiger partial charge in [-0.05, 0) is 67.8 Å². The van der Waals surface area contributed by atoms with Gasteiger partial charge in [-0.25, -0.2) is 0 Å². The fourth-order valence-corrected chi connectivity index (χ4v) is 5.82. The number of carbonyl (C=O) groups is 1. The quantitative estimate of drug-likeness (QED) is 0.339. The van der Waals surface area contributed by atoms with Gasteiger partial charge in [0.2, 0.25) is 5.75 Å². The van der Waals surface area contributed by atoms with Crippen LogP contribution >= 0.6 is 0 Å². The molecule has 4 fully saturated rings. The summed E-state index contributed by atoms with van der Waals surface area (Å²) in [6.07, 6.45) is 7.18. The topological polar surface area (TPSA) is 113 Å². The van der Waals surface area contributed by atoms with Crippen LogP contribution in [0.5, 0.6) is 5.75 Å². The smallest absolute Gasteiger partial charge is 0.318 e. The highest BCUT2D eigenvalue weighted by Crippen LogP contribution is 2.61. The zero-order valence-electron chi connectivity index (χ0n) is 14.3. The first-order valence-corrected chi connectivity index (χ1v) is 8.97. The summed E-state index contributed by atoms with van der Waals surface area (Å²) in [6.45, 7) is 0. The summed E-state index contributed by atoms with van der Waals surface area (Å²) >= 11 is 0. The van der Waals surface area contributed by atoms with E-state index in [4.69, 9.17) is 4.74 Å². The number of non-ortho nitro benzene ring substituents is 1. The second-order valence-corrected chi connectivity index (χ2v) is 8.23. The summed E-state index contributed by atoms with van der Waals surface area (Å²) in [5.74, 6) is 1.38. The van der Waals surface area contributed by atoms with Gasteiger partial charge in [0.05, 0.1) is 22.3 Å². The van der Waals surface area contributed by atoms with Crippen LogP contribution in [0.4, 0.5) is 11.4 Å². The highest BCUT2D eigenvalue weighted by Gasteiger charge is 2.51. The van der Waals surface area contributed by atoms with Gasteiger partial charge in [0.15, 0.2) is 0 Å². The van der Waals surface area contributed by atoms with Crippen molar-refractivity contribution in [3.63, 3.8) is 0 Å². The molecule has 5 rings (SSSR count). The van der Waals surface area contributed by atoms with Crippen LogP contribution in [-0.2, 0) is 4.79 Å². The molecular formula is C18H20N2O6. The number of nitro groups is 2. The molecule has 4 aliphatic rings. The molecule has 4 aliphatic carbocycles. The van der Waals surface area contributed by atoms with Crippen molar-refractivity contribution in [2.24, 2.45) is 23.2 Å². The standard InChI is InChI=1S/C18H20N2O6/c21-17(10-18-7-11-3-12(8-18)5-13(4-11)9-18)26-16-2-1-14(19(22)23)6-15(16)20(24)25/h1-2,6,11-13H,3-5,7-10H2. The Balaban J connectivity index is 1.50. The Morgan fingerprint density at radius 2 is 1.62 bits per heavy atom. The molecule has 1 aromatic rings. The maximum Gasteiger partial charge on any atom is 0.318 e. The molecule has 0 atom stereocenters. The Bertz CT molecular complexity index is 755. The van der Waals surface area contributed by atoms with Crippen LogP contribution in [0.25, 0.3) is 0 Å². The van der Waals surface area contributed by atoms with Gasteiger partial charge in [-0.2, -0.15) is 0 Å². The first kappa shape index (κ1) is 16.9. The second-order valence-electron chi connectivity index (χ2n) is 8.23. The molecule has 4 bridgehead atoms. The number of rotatable bonds is 5. The average molecular weight is 360 g/mol. The van der Waals surface area contributed by atoms with Crippen molar-refractivity contribution in [3.05, 3.63) is 38.4 Å². The lowest BCUT2D eigenvalue weighted by molar-refractivity contribution is -0.394. The normalized spacial score (nSPS) is 31.6. The molecule has 8 nitrogen and oxygen atoms in total. The minimum absolute atomic E-state index is 0.0264. The van der Waals surface area contributed by atoms with E-state index < -0.39 is 27.2 Å². The maximum atomic E-state index is 12.5. The number of ether oxygens (including phenoxy) is 1. The molecule has 0 amide bonds. The van der Waals surface area contributed by atoms with Crippen LogP contribution in [0.2, 0.25) is 0 Å². The van der Waals surface area contributed by atoms with Gasteiger partial charge in [-0.15, -0.1) is 0 Å². The number of nitro benzene ring substituents is 2. The maximum absolute atomic E-state index is 12.5. The third-order valence-corrected chi connectivity index (χ3v) is 6.26. The van der Waals surface area contributed by atoms with Crippen molar-refractivity contribution >= 4 is 17.3 Å². The van der Waals surface area contributed by atoms with E-state index in [0.29, 0.717) is 17.8 Å². The Hall–Kier alpha value is -2.51. The molecule has 0 aliphatic heterocycles. The van der Waals surface area contributed by atoms with E-state index in [1.165, 1.54) is 19.3 Å². The lowest BCUT2D eigenvalue weighted by Gasteiger charge is -2.56. The number of nitrogens with zero attached hydrogens (tertiary/aromatic N) is 2. The minimum Gasteiger partial charge on any atom is -0.419 e. The molecule has 0 N–H and O–H groups in total. The summed E-state index contributed by atoms with van der Waals surface area (Å²) in [5.41, 5.74) is -0.989. The number of hydrogen-bond donors (Lipinski definition) is 0. The molecule has 8 heteroatoms. The van der Waals surface area contributed by atoms with E-state index >= 15 is 0 Å². The zero-order chi connectivity index (χ0) is 18.5. The van der Waals surface area contributed by atoms with E-state index in [1.807, 2.05) is 0 Å². The average Bonchev–Trinajstić information content (AvgIpc) is 2.52. The molecule has 0 radical (unpaired) electrons. The molecule has 26 heavy (non-hydrogen) atoms. The van der Waals surface area contributed by atoms with Crippen LogP contribution in [0.1, 0.15) is 44.9 Å². The van der Waals surface area contributed by atoms with Gasteiger partial charge in [0, 0.05) is 6.07 Å². The van der Waals surface area contributed by atoms with Crippen LogP contribution in [0, 0.1) is 43.4 Å². The van der Waals surface area contributed by atoms with Crippen molar-refractivity contribution in [1.29, 1.82) is 0 Å². The summed E-state index contributed by atoms with van der Waals surface area (Å²) in [4.78, 5) is 33.0. The van der Waals surface area contributed by atoms with E-state index in [9.17, 15) is 25.0 Å². The summed E-state index contributed by atoms with van der Waals surface area (Å²) in [5, 5.41) is 22.0. The third kappa shape index (κ3) is 3.04. The van der Waals surface area contributed by atoms with Crippen molar-refractivity contribution in [1.82, 2.24) is 0 Å². The highest BCUT2D eigenvalue weighted by molar-refractivity contribution is 5.75. The summed E-state index contributed by atoms with van der Waals surface area (Å²) in [7, 11) is 0. The molecule has 0 saturated heterocycles. The fraction of sp³-hybridized carbons (Fsp3) is 0.611. The first-order valence-electron chi connectivity index (χ1n) is 8.97. The van der Waals surface area contributed by atoms with E-state index in [0.717, 1.165) is 37.5 Å². The molecule has 4 saturated carbocycles. The highest BCUT2D eigenvalue weighted by atomic mass is 16.6. The predicted octanol–water partition coefficient (Wildman–Crippen LogP) is 4.01. The van der Waals surface area contributed by atoms with Gasteiger partial charge >= 0.3 is 11.7 Å². The molecule has 1 aromatic carbocycles. The van der Waals surface area contributed by atoms with Gasteiger partial charge < -0.3 is 4.74 Å². The summed E-state index contributed by atoms with van der Waals surface area (Å²) in [6, 6.07) is 3.07. The SMILES string of the molecule is O=C(CC12CC3CC(CC(C3)C1)C2)Oc1ccc([N+](=O)[O-])cc1[N+](=O)[O-]. The molecule has 0 unspecified atom stereocenters. The molecule has 0 spiro atoms. The monoisotopic (exact) mass is 360 g/mol. The van der Waals surface area contributed by atoms with Gasteiger partial charge in [0.25, 0.3) is 5.69 Å². The molecular weight excluding hydrogens is 340 g/mol. The Morgan fingerprint density at radius 3 is 2.12 bits per heavy atom. The molecule has 0 heterocycles. The number of hydrogen-bond acceptors (Lipinski definition) is 6. The first-order chi connectivity index (χ1) is 12.3. The number of benzene rings is 1. The van der Waals surface area contributed by atoms with Crippen molar-refractivity contribution in [3.8, 4) is 5.75 Å². The summed E-state index contributed by atoms with van der Waals surface area (Å²) < 4.78 is 5.28. The predicted molar refractivity (Wildman–Crippen MR) is 90.6 cm³/mol. The van der Waals surface area contributed by atoms with E-state index in [1.54, 1.807) is 0 Å². The lowest BCUT2D eigenvalue weighted by atomic mass is 9.49. The second kappa shape index (κ2) is 6.03. The van der Waals surface area contributed by atoms with Gasteiger partial charge in [-0.3, -0.25) is 25.0 Å². The Kier molecular flexibility index (Phi) is 3.93. The van der Waals surface area contributed by atoms with E-state index in [2.05, 4.69) is 0 Å². The lowest BCUT2D eigenvalue weighted by Crippen LogP contribution is -2.47. The van der Waals surface area contributed by atoms with Gasteiger partial charge in [0.1, 0.15) is 0 Å². The fourth-order valence-electron chi connectivity index (χ4n) is 5.82. The molecule has 138 valence electrons. The van der Waals surface area contributed by atoms with E-state index in [-0.39, 0.29) is 17.6 Å². The molecule has 0 aromatic heterocycles.